The minimum absolute atomic E-state index is 0.231. The molecule has 0 aliphatic heterocycles. The van der Waals surface area contributed by atoms with Gasteiger partial charge >= 0.3 is 0 Å². The Labute approximate surface area is 204 Å². The van der Waals surface area contributed by atoms with Crippen LogP contribution >= 0.6 is 24.4 Å². The van der Waals surface area contributed by atoms with Gasteiger partial charge in [0.1, 0.15) is 0 Å². The quantitative estimate of drug-likeness (QED) is 0.406. The van der Waals surface area contributed by atoms with Gasteiger partial charge in [-0.15, -0.1) is 0 Å². The van der Waals surface area contributed by atoms with Crippen molar-refractivity contribution in [3.05, 3.63) is 57.6 Å². The first kappa shape index (κ1) is 24.5. The lowest BCUT2D eigenvalue weighted by Gasteiger charge is -2.34. The minimum Gasteiger partial charge on any atom is -0.358 e. The summed E-state index contributed by atoms with van der Waals surface area (Å²) in [7, 11) is 0. The molecule has 0 spiro atoms. The van der Waals surface area contributed by atoms with Crippen LogP contribution in [0.4, 0.5) is 11.4 Å². The molecular weight excluding hydrogens is 432 g/mol. The molecule has 1 saturated carbocycles. The summed E-state index contributed by atoms with van der Waals surface area (Å²) in [6, 6.07) is 9.19. The number of anilines is 2. The topological polar surface area (TPSA) is 48.1 Å². The van der Waals surface area contributed by atoms with E-state index in [9.17, 15) is 0 Å². The average Bonchev–Trinajstić information content (AvgIpc) is 2.69. The van der Waals surface area contributed by atoms with Gasteiger partial charge in [-0.1, -0.05) is 48.2 Å². The fourth-order valence-corrected chi connectivity index (χ4v) is 5.37. The third kappa shape index (κ3) is 6.20. The first-order valence-corrected chi connectivity index (χ1v) is 12.3. The molecule has 0 radical (unpaired) electrons. The van der Waals surface area contributed by atoms with Crippen molar-refractivity contribution in [3.63, 3.8) is 0 Å². The van der Waals surface area contributed by atoms with Crippen LogP contribution in [0.1, 0.15) is 59.1 Å². The summed E-state index contributed by atoms with van der Waals surface area (Å²) in [6.45, 7) is 12.7. The average molecular weight is 469 g/mol. The van der Waals surface area contributed by atoms with Gasteiger partial charge in [-0.3, -0.25) is 0 Å². The molecule has 0 amide bonds. The van der Waals surface area contributed by atoms with Gasteiger partial charge in [-0.25, -0.2) is 0 Å². The van der Waals surface area contributed by atoms with Crippen LogP contribution in [0.15, 0.2) is 24.3 Å². The van der Waals surface area contributed by atoms with Crippen molar-refractivity contribution in [2.24, 2.45) is 0 Å². The van der Waals surface area contributed by atoms with Crippen molar-refractivity contribution < 1.29 is 0 Å². The molecule has 1 aliphatic carbocycles. The van der Waals surface area contributed by atoms with E-state index in [1.165, 1.54) is 46.2 Å². The Balaban J connectivity index is 1.63. The number of thiocarbonyl (C=S) groups is 2. The fourth-order valence-electron chi connectivity index (χ4n) is 4.87. The van der Waals surface area contributed by atoms with Gasteiger partial charge in [0.15, 0.2) is 10.2 Å². The van der Waals surface area contributed by atoms with Crippen molar-refractivity contribution in [3.8, 4) is 0 Å². The number of rotatable bonds is 4. The van der Waals surface area contributed by atoms with E-state index < -0.39 is 0 Å². The molecule has 2 unspecified atom stereocenters. The van der Waals surface area contributed by atoms with E-state index in [4.69, 9.17) is 24.4 Å². The van der Waals surface area contributed by atoms with Crippen molar-refractivity contribution in [1.29, 1.82) is 0 Å². The number of aryl methyl sites for hydroxylation is 6. The highest BCUT2D eigenvalue weighted by atomic mass is 32.1. The lowest BCUT2D eigenvalue weighted by atomic mass is 9.90. The van der Waals surface area contributed by atoms with Crippen LogP contribution in [0.2, 0.25) is 0 Å². The molecule has 2 atom stereocenters. The van der Waals surface area contributed by atoms with Gasteiger partial charge in [-0.2, -0.15) is 0 Å². The number of hydrogen-bond donors (Lipinski definition) is 4. The predicted octanol–water partition coefficient (Wildman–Crippen LogP) is 6.12. The number of nitrogens with one attached hydrogen (secondary N) is 4. The van der Waals surface area contributed by atoms with Gasteiger partial charge in [0.2, 0.25) is 0 Å². The monoisotopic (exact) mass is 468 g/mol. The van der Waals surface area contributed by atoms with Gasteiger partial charge in [0, 0.05) is 23.5 Å². The summed E-state index contributed by atoms with van der Waals surface area (Å²) in [5, 5.41) is 15.3. The van der Waals surface area contributed by atoms with Gasteiger partial charge < -0.3 is 21.3 Å². The van der Waals surface area contributed by atoms with Gasteiger partial charge in [0.05, 0.1) is 0 Å². The Morgan fingerprint density at radius 1 is 0.625 bits per heavy atom. The normalized spacial score (nSPS) is 18.1. The maximum Gasteiger partial charge on any atom is 0.171 e. The van der Waals surface area contributed by atoms with Gasteiger partial charge in [-0.05, 0) is 101 Å². The van der Waals surface area contributed by atoms with E-state index in [1.807, 2.05) is 0 Å². The molecule has 0 aromatic heterocycles. The second-order valence-electron chi connectivity index (χ2n) is 9.24. The zero-order valence-corrected chi connectivity index (χ0v) is 21.7. The molecule has 2 aromatic rings. The number of hydrogen-bond acceptors (Lipinski definition) is 2. The van der Waals surface area contributed by atoms with E-state index >= 15 is 0 Å². The van der Waals surface area contributed by atoms with Crippen LogP contribution in [0.3, 0.4) is 0 Å². The molecular formula is C26H36N4S2. The van der Waals surface area contributed by atoms with Crippen LogP contribution in [0.5, 0.6) is 0 Å². The summed E-state index contributed by atoms with van der Waals surface area (Å²) >= 11 is 11.4. The molecule has 1 aliphatic rings. The Kier molecular flexibility index (Phi) is 8.12. The summed E-state index contributed by atoms with van der Waals surface area (Å²) < 4.78 is 0. The highest BCUT2D eigenvalue weighted by Gasteiger charge is 2.26. The zero-order valence-electron chi connectivity index (χ0n) is 20.1. The third-order valence-electron chi connectivity index (χ3n) is 6.23. The molecule has 32 heavy (non-hydrogen) atoms. The van der Waals surface area contributed by atoms with E-state index in [-0.39, 0.29) is 12.1 Å². The van der Waals surface area contributed by atoms with Crippen molar-refractivity contribution in [1.82, 2.24) is 10.6 Å². The second kappa shape index (κ2) is 10.6. The van der Waals surface area contributed by atoms with Crippen LogP contribution in [0.25, 0.3) is 0 Å². The lowest BCUT2D eigenvalue weighted by molar-refractivity contribution is 0.340. The Bertz CT molecular complexity index is 887. The Morgan fingerprint density at radius 3 is 1.25 bits per heavy atom. The van der Waals surface area contributed by atoms with Crippen molar-refractivity contribution in [2.75, 3.05) is 10.6 Å². The third-order valence-corrected chi connectivity index (χ3v) is 6.67. The first-order chi connectivity index (χ1) is 15.1. The summed E-state index contributed by atoms with van der Waals surface area (Å²) in [6.07, 6.45) is 4.52. The van der Waals surface area contributed by atoms with Gasteiger partial charge in [0.25, 0.3) is 0 Å². The highest BCUT2D eigenvalue weighted by molar-refractivity contribution is 7.80. The molecule has 0 saturated heterocycles. The molecule has 172 valence electrons. The van der Waals surface area contributed by atoms with E-state index in [1.54, 1.807) is 0 Å². The van der Waals surface area contributed by atoms with Crippen LogP contribution in [-0.4, -0.2) is 22.3 Å². The van der Waals surface area contributed by atoms with E-state index in [2.05, 4.69) is 87.1 Å². The fraction of sp³-hybridized carbons (Fsp3) is 0.462. The highest BCUT2D eigenvalue weighted by Crippen LogP contribution is 2.24. The maximum absolute atomic E-state index is 5.69. The van der Waals surface area contributed by atoms with E-state index in [0.717, 1.165) is 24.2 Å². The van der Waals surface area contributed by atoms with Crippen LogP contribution in [-0.2, 0) is 0 Å². The molecule has 4 N–H and O–H groups in total. The SMILES string of the molecule is Cc1cc(C)c(NC(=S)NC2CCCCC2NC(=S)Nc2c(C)cc(C)cc2C)c(C)c1. The summed E-state index contributed by atoms with van der Waals surface area (Å²) in [4.78, 5) is 0. The molecule has 2 aromatic carbocycles. The lowest BCUT2D eigenvalue weighted by Crippen LogP contribution is -2.54. The van der Waals surface area contributed by atoms with Crippen molar-refractivity contribution in [2.45, 2.75) is 79.3 Å². The van der Waals surface area contributed by atoms with Crippen molar-refractivity contribution >= 4 is 46.0 Å². The molecule has 0 heterocycles. The number of benzene rings is 2. The molecule has 4 nitrogen and oxygen atoms in total. The first-order valence-electron chi connectivity index (χ1n) is 11.4. The molecule has 6 heteroatoms. The molecule has 1 fully saturated rings. The Hall–Kier alpha value is -2.18. The summed E-state index contributed by atoms with van der Waals surface area (Å²) in [5.74, 6) is 0. The standard InChI is InChI=1S/C26H36N4S2/c1-15-11-17(3)23(18(4)12-15)29-25(31)27-21-9-7-8-10-22(21)28-26(32)30-24-19(5)13-16(2)14-20(24)6/h11-14,21-22H,7-10H2,1-6H3,(H2,27,29,31)(H2,28,30,32). The maximum atomic E-state index is 5.69. The largest absolute Gasteiger partial charge is 0.358 e. The zero-order chi connectivity index (χ0) is 23.4. The Morgan fingerprint density at radius 2 is 0.938 bits per heavy atom. The molecule has 0 bridgehead atoms. The minimum atomic E-state index is 0.231. The smallest absolute Gasteiger partial charge is 0.171 e. The predicted molar refractivity (Wildman–Crippen MR) is 146 cm³/mol. The second-order valence-corrected chi connectivity index (χ2v) is 10.1. The summed E-state index contributed by atoms with van der Waals surface area (Å²) in [5.41, 5.74) is 9.55. The van der Waals surface area contributed by atoms with Crippen LogP contribution in [0, 0.1) is 41.5 Å². The van der Waals surface area contributed by atoms with Crippen LogP contribution < -0.4 is 21.3 Å². The van der Waals surface area contributed by atoms with E-state index in [0.29, 0.717) is 10.2 Å². The molecule has 3 rings (SSSR count).